The summed E-state index contributed by atoms with van der Waals surface area (Å²) in [4.78, 5) is 10.6. The largest absolute Gasteiger partial charge is 0.481 e. The van der Waals surface area contributed by atoms with Crippen LogP contribution in [0.3, 0.4) is 0 Å². The average Bonchev–Trinajstić information content (AvgIpc) is 2.36. The van der Waals surface area contributed by atoms with Crippen molar-refractivity contribution in [2.45, 2.75) is 45.3 Å². The molecule has 0 aromatic heterocycles. The summed E-state index contributed by atoms with van der Waals surface area (Å²) in [6.07, 6.45) is -3.26. The summed E-state index contributed by atoms with van der Waals surface area (Å²) >= 11 is 0. The SMILES string of the molecule is CC(Cc1cccc(C(F)(F)F)c1)CC(C)C(N)CC(=O)O. The standard InChI is InChI=1S/C16H22F3NO2/c1-10(6-11(2)14(20)9-15(21)22)7-12-4-3-5-13(8-12)16(17,18)19/h3-5,8,10-11,14H,6-7,9,20H2,1-2H3,(H,21,22). The highest BCUT2D eigenvalue weighted by Gasteiger charge is 2.30. The molecule has 0 fully saturated rings. The van der Waals surface area contributed by atoms with Crippen molar-refractivity contribution in [3.63, 3.8) is 0 Å². The number of aliphatic carboxylic acids is 1. The van der Waals surface area contributed by atoms with Gasteiger partial charge in [0.1, 0.15) is 0 Å². The number of carbonyl (C=O) groups is 1. The minimum atomic E-state index is -4.34. The Balaban J connectivity index is 2.62. The molecule has 0 saturated carbocycles. The maximum atomic E-state index is 12.7. The number of alkyl halides is 3. The van der Waals surface area contributed by atoms with Crippen LogP contribution in [0.25, 0.3) is 0 Å². The van der Waals surface area contributed by atoms with Crippen molar-refractivity contribution in [3.05, 3.63) is 35.4 Å². The third kappa shape index (κ3) is 6.05. The van der Waals surface area contributed by atoms with Crippen LogP contribution in [0.1, 0.15) is 37.8 Å². The lowest BCUT2D eigenvalue weighted by atomic mass is 9.87. The van der Waals surface area contributed by atoms with Crippen molar-refractivity contribution in [3.8, 4) is 0 Å². The minimum absolute atomic E-state index is 0.00287. The van der Waals surface area contributed by atoms with Gasteiger partial charge in [0.15, 0.2) is 0 Å². The first-order valence-electron chi connectivity index (χ1n) is 7.23. The van der Waals surface area contributed by atoms with Crippen LogP contribution in [-0.2, 0) is 17.4 Å². The highest BCUT2D eigenvalue weighted by molar-refractivity contribution is 5.67. The summed E-state index contributed by atoms with van der Waals surface area (Å²) in [6.45, 7) is 3.81. The zero-order valence-electron chi connectivity index (χ0n) is 12.7. The Hall–Kier alpha value is -1.56. The van der Waals surface area contributed by atoms with E-state index in [2.05, 4.69) is 0 Å². The van der Waals surface area contributed by atoms with Crippen LogP contribution < -0.4 is 5.73 Å². The van der Waals surface area contributed by atoms with Crippen molar-refractivity contribution in [1.29, 1.82) is 0 Å². The number of halogens is 3. The smallest absolute Gasteiger partial charge is 0.416 e. The topological polar surface area (TPSA) is 63.3 Å². The zero-order valence-corrected chi connectivity index (χ0v) is 12.7. The first-order chi connectivity index (χ1) is 10.1. The number of carboxylic acids is 1. The molecule has 0 aliphatic carbocycles. The van der Waals surface area contributed by atoms with Crippen LogP contribution in [0.15, 0.2) is 24.3 Å². The molecule has 3 N–H and O–H groups in total. The monoisotopic (exact) mass is 317 g/mol. The average molecular weight is 317 g/mol. The first-order valence-corrected chi connectivity index (χ1v) is 7.23. The first kappa shape index (κ1) is 18.5. The predicted molar refractivity (Wildman–Crippen MR) is 78.3 cm³/mol. The third-order valence-electron chi connectivity index (χ3n) is 3.75. The lowest BCUT2D eigenvalue weighted by Gasteiger charge is -2.22. The summed E-state index contributed by atoms with van der Waals surface area (Å²) in [5.74, 6) is -0.819. The number of rotatable bonds is 7. The molecule has 0 amide bonds. The Labute approximate surface area is 128 Å². The summed E-state index contributed by atoms with van der Waals surface area (Å²) in [5.41, 5.74) is 5.79. The number of hydrogen-bond acceptors (Lipinski definition) is 2. The van der Waals surface area contributed by atoms with E-state index < -0.39 is 23.8 Å². The molecule has 3 nitrogen and oxygen atoms in total. The van der Waals surface area contributed by atoms with Gasteiger partial charge in [-0.2, -0.15) is 13.2 Å². The van der Waals surface area contributed by atoms with E-state index in [0.717, 1.165) is 6.07 Å². The maximum absolute atomic E-state index is 12.7. The van der Waals surface area contributed by atoms with Gasteiger partial charge >= 0.3 is 12.1 Å². The Bertz CT molecular complexity index is 502. The van der Waals surface area contributed by atoms with Gasteiger partial charge in [0, 0.05) is 6.04 Å². The van der Waals surface area contributed by atoms with Gasteiger partial charge in [-0.1, -0.05) is 32.0 Å². The Kier molecular flexibility index (Phi) is 6.41. The normalized spacial score (nSPS) is 16.1. The van der Waals surface area contributed by atoms with E-state index in [1.807, 2.05) is 13.8 Å². The molecule has 3 atom stereocenters. The Morgan fingerprint density at radius 2 is 1.95 bits per heavy atom. The van der Waals surface area contributed by atoms with Gasteiger partial charge in [-0.25, -0.2) is 0 Å². The van der Waals surface area contributed by atoms with Crippen LogP contribution in [-0.4, -0.2) is 17.1 Å². The summed E-state index contributed by atoms with van der Waals surface area (Å²) in [6, 6.07) is 4.86. The summed E-state index contributed by atoms with van der Waals surface area (Å²) in [7, 11) is 0. The molecule has 0 bridgehead atoms. The highest BCUT2D eigenvalue weighted by atomic mass is 19.4. The predicted octanol–water partition coefficient (Wildman–Crippen LogP) is 3.71. The van der Waals surface area contributed by atoms with Crippen molar-refractivity contribution in [2.24, 2.45) is 17.6 Å². The van der Waals surface area contributed by atoms with Gasteiger partial charge in [0.25, 0.3) is 0 Å². The molecule has 0 heterocycles. The molecular formula is C16H22F3NO2. The van der Waals surface area contributed by atoms with Crippen molar-refractivity contribution < 1.29 is 23.1 Å². The third-order valence-corrected chi connectivity index (χ3v) is 3.75. The molecular weight excluding hydrogens is 295 g/mol. The summed E-state index contributed by atoms with van der Waals surface area (Å²) in [5, 5.41) is 8.72. The molecule has 124 valence electrons. The van der Waals surface area contributed by atoms with Gasteiger partial charge in [-0.3, -0.25) is 4.79 Å². The number of nitrogens with two attached hydrogens (primary N) is 1. The zero-order chi connectivity index (χ0) is 16.9. The van der Waals surface area contributed by atoms with Crippen molar-refractivity contribution in [1.82, 2.24) is 0 Å². The van der Waals surface area contributed by atoms with Gasteiger partial charge in [0.2, 0.25) is 0 Å². The van der Waals surface area contributed by atoms with E-state index in [-0.39, 0.29) is 18.3 Å². The van der Waals surface area contributed by atoms with Crippen LogP contribution in [0.5, 0.6) is 0 Å². The lowest BCUT2D eigenvalue weighted by Crippen LogP contribution is -2.32. The number of hydrogen-bond donors (Lipinski definition) is 2. The molecule has 3 unspecified atom stereocenters. The van der Waals surface area contributed by atoms with E-state index in [4.69, 9.17) is 10.8 Å². The molecule has 0 spiro atoms. The highest BCUT2D eigenvalue weighted by Crippen LogP contribution is 2.30. The van der Waals surface area contributed by atoms with E-state index >= 15 is 0 Å². The van der Waals surface area contributed by atoms with Crippen LogP contribution in [0, 0.1) is 11.8 Å². The Morgan fingerprint density at radius 1 is 1.32 bits per heavy atom. The molecule has 1 aromatic carbocycles. The van der Waals surface area contributed by atoms with Crippen molar-refractivity contribution >= 4 is 5.97 Å². The quantitative estimate of drug-likeness (QED) is 0.806. The molecule has 0 aliphatic rings. The summed E-state index contributed by atoms with van der Waals surface area (Å²) < 4.78 is 38.0. The van der Waals surface area contributed by atoms with E-state index in [0.29, 0.717) is 18.4 Å². The number of benzene rings is 1. The Morgan fingerprint density at radius 3 is 2.50 bits per heavy atom. The lowest BCUT2D eigenvalue weighted by molar-refractivity contribution is -0.138. The van der Waals surface area contributed by atoms with Crippen LogP contribution in [0.2, 0.25) is 0 Å². The van der Waals surface area contributed by atoms with E-state index in [1.54, 1.807) is 6.07 Å². The van der Waals surface area contributed by atoms with E-state index in [9.17, 15) is 18.0 Å². The molecule has 0 radical (unpaired) electrons. The minimum Gasteiger partial charge on any atom is -0.481 e. The molecule has 1 aromatic rings. The van der Waals surface area contributed by atoms with Gasteiger partial charge < -0.3 is 10.8 Å². The van der Waals surface area contributed by atoms with Crippen molar-refractivity contribution in [2.75, 3.05) is 0 Å². The second-order valence-corrected chi connectivity index (χ2v) is 5.98. The van der Waals surface area contributed by atoms with Crippen LogP contribution in [0.4, 0.5) is 13.2 Å². The molecule has 22 heavy (non-hydrogen) atoms. The fourth-order valence-electron chi connectivity index (χ4n) is 2.57. The molecule has 1 rings (SSSR count). The fraction of sp³-hybridized carbons (Fsp3) is 0.562. The molecule has 6 heteroatoms. The molecule has 0 aliphatic heterocycles. The van der Waals surface area contributed by atoms with Crippen LogP contribution >= 0.6 is 0 Å². The van der Waals surface area contributed by atoms with E-state index in [1.165, 1.54) is 12.1 Å². The maximum Gasteiger partial charge on any atom is 0.416 e. The fourth-order valence-corrected chi connectivity index (χ4v) is 2.57. The second kappa shape index (κ2) is 7.63. The van der Waals surface area contributed by atoms with Gasteiger partial charge in [0.05, 0.1) is 12.0 Å². The van der Waals surface area contributed by atoms with Gasteiger partial charge in [-0.05, 0) is 36.3 Å². The molecule has 0 saturated heterocycles. The second-order valence-electron chi connectivity index (χ2n) is 5.98. The van der Waals surface area contributed by atoms with Gasteiger partial charge in [-0.15, -0.1) is 0 Å². The number of carboxylic acid groups (broad SMARTS) is 1.